The summed E-state index contributed by atoms with van der Waals surface area (Å²) in [5, 5.41) is 11.3. The quantitative estimate of drug-likeness (QED) is 0.481. The van der Waals surface area contributed by atoms with Crippen LogP contribution in [-0.4, -0.2) is 24.1 Å². The highest BCUT2D eigenvalue weighted by molar-refractivity contribution is 5.95. The molecule has 0 bridgehead atoms. The lowest BCUT2D eigenvalue weighted by Crippen LogP contribution is -2.17. The molecule has 1 aliphatic heterocycles. The zero-order valence-electron chi connectivity index (χ0n) is 13.9. The predicted molar refractivity (Wildman–Crippen MR) is 89.1 cm³/mol. The van der Waals surface area contributed by atoms with Gasteiger partial charge in [0.15, 0.2) is 11.5 Å². The van der Waals surface area contributed by atoms with E-state index in [2.05, 4.69) is 0 Å². The fraction of sp³-hybridized carbons (Fsp3) is 0.278. The number of hydrogen-bond acceptors (Lipinski definition) is 6. The van der Waals surface area contributed by atoms with Gasteiger partial charge in [-0.3, -0.25) is 10.1 Å². The molecule has 7 nitrogen and oxygen atoms in total. The molecule has 130 valence electrons. The van der Waals surface area contributed by atoms with Crippen LogP contribution in [0.3, 0.4) is 0 Å². The normalized spacial score (nSPS) is 12.6. The highest BCUT2D eigenvalue weighted by Gasteiger charge is 2.27. The van der Waals surface area contributed by atoms with E-state index in [1.807, 2.05) is 32.0 Å². The largest absolute Gasteiger partial charge is 0.486 e. The molecule has 0 fully saturated rings. The first-order valence-corrected chi connectivity index (χ1v) is 7.77. The molecule has 0 N–H and O–H groups in total. The Labute approximate surface area is 144 Å². The van der Waals surface area contributed by atoms with E-state index in [0.29, 0.717) is 19.0 Å². The predicted octanol–water partition coefficient (Wildman–Crippen LogP) is 3.34. The second-order valence-corrected chi connectivity index (χ2v) is 5.78. The van der Waals surface area contributed by atoms with Crippen LogP contribution in [0.25, 0.3) is 0 Å². The van der Waals surface area contributed by atoms with Crippen molar-refractivity contribution in [2.24, 2.45) is 0 Å². The van der Waals surface area contributed by atoms with E-state index >= 15 is 0 Å². The molecule has 1 heterocycles. The second kappa shape index (κ2) is 6.80. The molecule has 7 heteroatoms. The smallest absolute Gasteiger partial charge is 0.345 e. The van der Waals surface area contributed by atoms with Gasteiger partial charge in [0, 0.05) is 6.07 Å². The summed E-state index contributed by atoms with van der Waals surface area (Å²) in [5.74, 6) is -0.218. The first-order chi connectivity index (χ1) is 12.0. The minimum absolute atomic E-state index is 0.0396. The molecule has 2 aromatic rings. The minimum Gasteiger partial charge on any atom is -0.486 e. The molecule has 0 spiro atoms. The van der Waals surface area contributed by atoms with Gasteiger partial charge in [-0.2, -0.15) is 0 Å². The fourth-order valence-electron chi connectivity index (χ4n) is 2.57. The highest BCUT2D eigenvalue weighted by Crippen LogP contribution is 2.37. The molecule has 0 saturated heterocycles. The monoisotopic (exact) mass is 343 g/mol. The number of nitro groups is 1. The summed E-state index contributed by atoms with van der Waals surface area (Å²) in [6.45, 7) is 4.52. The zero-order chi connectivity index (χ0) is 18.0. The number of carbonyl (C=O) groups excluding carboxylic acids is 1. The topological polar surface area (TPSA) is 87.9 Å². The molecule has 3 rings (SSSR count). The van der Waals surface area contributed by atoms with E-state index < -0.39 is 10.9 Å². The average molecular weight is 343 g/mol. The molecule has 0 aliphatic carbocycles. The van der Waals surface area contributed by atoms with Gasteiger partial charge in [0.2, 0.25) is 0 Å². The summed E-state index contributed by atoms with van der Waals surface area (Å²) < 4.78 is 16.0. The number of nitro benzene ring substituents is 1. The third kappa shape index (κ3) is 3.55. The van der Waals surface area contributed by atoms with Crippen LogP contribution in [0.1, 0.15) is 27.0 Å². The molecule has 25 heavy (non-hydrogen) atoms. The molecule has 0 atom stereocenters. The van der Waals surface area contributed by atoms with Gasteiger partial charge in [-0.25, -0.2) is 4.79 Å². The molecule has 2 aromatic carbocycles. The van der Waals surface area contributed by atoms with Crippen LogP contribution in [0.4, 0.5) is 5.69 Å². The molecule has 0 amide bonds. The number of ether oxygens (including phenoxy) is 3. The average Bonchev–Trinajstić information content (AvgIpc) is 2.61. The van der Waals surface area contributed by atoms with Crippen LogP contribution in [0.2, 0.25) is 0 Å². The Morgan fingerprint density at radius 2 is 1.84 bits per heavy atom. The summed E-state index contributed by atoms with van der Waals surface area (Å²) in [4.78, 5) is 23.1. The molecule has 1 aliphatic rings. The Balaban J connectivity index is 1.86. The first-order valence-electron chi connectivity index (χ1n) is 7.77. The number of carbonyl (C=O) groups is 1. The van der Waals surface area contributed by atoms with Gasteiger partial charge in [-0.15, -0.1) is 0 Å². The summed E-state index contributed by atoms with van der Waals surface area (Å²) in [7, 11) is 0. The maximum atomic E-state index is 12.4. The SMILES string of the molecule is Cc1ccc(C)c(COC(=O)c2cc3c(cc2[N+](=O)[O-])OCCO3)c1. The standard InChI is InChI=1S/C18H17NO6/c1-11-3-4-12(2)13(7-11)10-25-18(20)14-8-16-17(24-6-5-23-16)9-15(14)19(21)22/h3-4,7-9H,5-6,10H2,1-2H3. The minimum atomic E-state index is -0.774. The number of aryl methyl sites for hydroxylation is 2. The lowest BCUT2D eigenvalue weighted by atomic mass is 10.1. The summed E-state index contributed by atoms with van der Waals surface area (Å²) in [6.07, 6.45) is 0. The third-order valence-corrected chi connectivity index (χ3v) is 3.94. The van der Waals surface area contributed by atoms with Crippen molar-refractivity contribution in [1.29, 1.82) is 0 Å². The number of esters is 1. The lowest BCUT2D eigenvalue weighted by molar-refractivity contribution is -0.385. The molecule has 0 saturated carbocycles. The number of rotatable bonds is 4. The summed E-state index contributed by atoms with van der Waals surface area (Å²) in [6, 6.07) is 8.32. The maximum absolute atomic E-state index is 12.4. The number of fused-ring (bicyclic) bond motifs is 1. The number of nitrogens with zero attached hydrogens (tertiary/aromatic N) is 1. The Bertz CT molecular complexity index is 846. The van der Waals surface area contributed by atoms with Crippen molar-refractivity contribution in [3.8, 4) is 11.5 Å². The van der Waals surface area contributed by atoms with Crippen molar-refractivity contribution in [3.05, 3.63) is 62.7 Å². The van der Waals surface area contributed by atoms with Crippen molar-refractivity contribution in [2.75, 3.05) is 13.2 Å². The van der Waals surface area contributed by atoms with Crippen LogP contribution < -0.4 is 9.47 Å². The van der Waals surface area contributed by atoms with Gasteiger partial charge in [0.25, 0.3) is 5.69 Å². The van der Waals surface area contributed by atoms with Gasteiger partial charge in [0.05, 0.1) is 11.0 Å². The van der Waals surface area contributed by atoms with Crippen molar-refractivity contribution < 1.29 is 23.9 Å². The fourth-order valence-corrected chi connectivity index (χ4v) is 2.57. The van der Waals surface area contributed by atoms with Crippen LogP contribution in [0.15, 0.2) is 30.3 Å². The van der Waals surface area contributed by atoms with Crippen molar-refractivity contribution in [2.45, 2.75) is 20.5 Å². The van der Waals surface area contributed by atoms with Gasteiger partial charge in [-0.05, 0) is 25.0 Å². The summed E-state index contributed by atoms with van der Waals surface area (Å²) >= 11 is 0. The molecule has 0 unspecified atom stereocenters. The van der Waals surface area contributed by atoms with Gasteiger partial charge >= 0.3 is 5.97 Å². The van der Waals surface area contributed by atoms with Crippen LogP contribution in [0.5, 0.6) is 11.5 Å². The van der Waals surface area contributed by atoms with Crippen LogP contribution in [0, 0.1) is 24.0 Å². The van der Waals surface area contributed by atoms with E-state index in [-0.39, 0.29) is 23.6 Å². The van der Waals surface area contributed by atoms with E-state index in [0.717, 1.165) is 16.7 Å². The first kappa shape index (κ1) is 16.8. The van der Waals surface area contributed by atoms with Gasteiger partial charge in [-0.1, -0.05) is 23.8 Å². The Morgan fingerprint density at radius 1 is 1.16 bits per heavy atom. The number of hydrogen-bond donors (Lipinski definition) is 0. The number of benzene rings is 2. The second-order valence-electron chi connectivity index (χ2n) is 5.78. The van der Waals surface area contributed by atoms with E-state index in [1.165, 1.54) is 12.1 Å². The van der Waals surface area contributed by atoms with E-state index in [9.17, 15) is 14.9 Å². The highest BCUT2D eigenvalue weighted by atomic mass is 16.6. The van der Waals surface area contributed by atoms with Crippen molar-refractivity contribution in [1.82, 2.24) is 0 Å². The molecule has 0 aromatic heterocycles. The maximum Gasteiger partial charge on any atom is 0.345 e. The van der Waals surface area contributed by atoms with Gasteiger partial charge in [0.1, 0.15) is 25.4 Å². The van der Waals surface area contributed by atoms with Gasteiger partial charge < -0.3 is 14.2 Å². The Kier molecular flexibility index (Phi) is 4.56. The summed E-state index contributed by atoms with van der Waals surface area (Å²) in [5.41, 5.74) is 2.36. The van der Waals surface area contributed by atoms with E-state index in [1.54, 1.807) is 0 Å². The Morgan fingerprint density at radius 3 is 2.52 bits per heavy atom. The molecular formula is C18H17NO6. The van der Waals surface area contributed by atoms with Crippen molar-refractivity contribution >= 4 is 11.7 Å². The van der Waals surface area contributed by atoms with Crippen LogP contribution in [-0.2, 0) is 11.3 Å². The van der Waals surface area contributed by atoms with Crippen molar-refractivity contribution in [3.63, 3.8) is 0 Å². The lowest BCUT2D eigenvalue weighted by Gasteiger charge is -2.18. The van der Waals surface area contributed by atoms with Crippen LogP contribution >= 0.6 is 0 Å². The Hall–Kier alpha value is -3.09. The zero-order valence-corrected chi connectivity index (χ0v) is 13.9. The molecule has 0 radical (unpaired) electrons. The molecular weight excluding hydrogens is 326 g/mol. The third-order valence-electron chi connectivity index (χ3n) is 3.94. The van der Waals surface area contributed by atoms with E-state index in [4.69, 9.17) is 14.2 Å².